The molecule has 0 atom stereocenters. The van der Waals surface area contributed by atoms with E-state index in [0.717, 1.165) is 0 Å². The molecule has 0 aromatic carbocycles. The van der Waals surface area contributed by atoms with E-state index in [4.69, 9.17) is 0 Å². The topological polar surface area (TPSA) is 9.23 Å². The Morgan fingerprint density at radius 3 is 2.00 bits per heavy atom. The van der Waals surface area contributed by atoms with Crippen molar-refractivity contribution in [2.45, 2.75) is 31.9 Å². The lowest BCUT2D eigenvalue weighted by atomic mass is 10.2. The zero-order valence-electron chi connectivity index (χ0n) is 7.13. The van der Waals surface area contributed by atoms with Crippen LogP contribution in [0.15, 0.2) is 0 Å². The molecule has 0 rings (SSSR count). The Bertz CT molecular complexity index is 142. The third-order valence-electron chi connectivity index (χ3n) is 1.40. The summed E-state index contributed by atoms with van der Waals surface area (Å²) in [5, 5.41) is 0. The molecule has 0 spiro atoms. The largest absolute Gasteiger partial charge is 0.453 e. The maximum Gasteiger partial charge on any atom is 0.453 e. The van der Waals surface area contributed by atoms with Crippen molar-refractivity contribution in [1.29, 1.82) is 0 Å². The van der Waals surface area contributed by atoms with Crippen LogP contribution in [0.3, 0.4) is 0 Å². The zero-order chi connectivity index (χ0) is 10.5. The Balaban J connectivity index is 3.77. The maximum atomic E-state index is 12.2. The third kappa shape index (κ3) is 4.40. The fourth-order valence-corrected chi connectivity index (χ4v) is 0.682. The van der Waals surface area contributed by atoms with Gasteiger partial charge >= 0.3 is 12.1 Å². The van der Waals surface area contributed by atoms with E-state index < -0.39 is 18.5 Å². The molecular weight excluding hydrogens is 195 g/mol. The Morgan fingerprint density at radius 1 is 1.08 bits per heavy atom. The second kappa shape index (κ2) is 4.74. The van der Waals surface area contributed by atoms with Crippen molar-refractivity contribution in [2.24, 2.45) is 0 Å². The van der Waals surface area contributed by atoms with Crippen molar-refractivity contribution in [3.63, 3.8) is 0 Å². The van der Waals surface area contributed by atoms with Gasteiger partial charge in [0.25, 0.3) is 0 Å². The Hall–Kier alpha value is -0.390. The molecule has 0 bridgehead atoms. The number of halogens is 5. The fraction of sp³-hybridized carbons (Fsp3) is 1.00. The minimum Gasteiger partial charge on any atom is -0.382 e. The number of hydrogen-bond donors (Lipinski definition) is 0. The maximum absolute atomic E-state index is 12.2. The van der Waals surface area contributed by atoms with Crippen LogP contribution < -0.4 is 0 Å². The van der Waals surface area contributed by atoms with Crippen molar-refractivity contribution in [3.8, 4) is 0 Å². The predicted octanol–water partition coefficient (Wildman–Crippen LogP) is 3.00. The van der Waals surface area contributed by atoms with Crippen LogP contribution >= 0.6 is 0 Å². The highest BCUT2D eigenvalue weighted by molar-refractivity contribution is 4.75. The molecule has 13 heavy (non-hydrogen) atoms. The van der Waals surface area contributed by atoms with Gasteiger partial charge in [0.2, 0.25) is 0 Å². The standard InChI is InChI=1S/C7H11F5O/c1-2-13-5-3-4-6(8,9)7(10,11)12/h2-5H2,1H3. The molecule has 0 aliphatic heterocycles. The second-order valence-electron chi connectivity index (χ2n) is 2.50. The monoisotopic (exact) mass is 206 g/mol. The first-order chi connectivity index (χ1) is 5.81. The molecule has 6 heteroatoms. The molecule has 0 radical (unpaired) electrons. The van der Waals surface area contributed by atoms with Gasteiger partial charge in [-0.1, -0.05) is 0 Å². The van der Waals surface area contributed by atoms with Crippen molar-refractivity contribution in [2.75, 3.05) is 13.2 Å². The van der Waals surface area contributed by atoms with Crippen LogP contribution in [-0.4, -0.2) is 25.3 Å². The third-order valence-corrected chi connectivity index (χ3v) is 1.40. The van der Waals surface area contributed by atoms with Crippen LogP contribution in [0, 0.1) is 0 Å². The number of hydrogen-bond acceptors (Lipinski definition) is 1. The minimum atomic E-state index is -5.45. The van der Waals surface area contributed by atoms with Gasteiger partial charge in [0.15, 0.2) is 0 Å². The number of alkyl halides is 5. The van der Waals surface area contributed by atoms with Crippen LogP contribution in [-0.2, 0) is 4.74 Å². The Labute approximate surface area is 72.9 Å². The summed E-state index contributed by atoms with van der Waals surface area (Å²) < 4.78 is 63.7. The van der Waals surface area contributed by atoms with Crippen molar-refractivity contribution < 1.29 is 26.7 Å². The Morgan fingerprint density at radius 2 is 1.62 bits per heavy atom. The summed E-state index contributed by atoms with van der Waals surface area (Å²) in [7, 11) is 0. The summed E-state index contributed by atoms with van der Waals surface area (Å²) in [6.07, 6.45) is -6.95. The van der Waals surface area contributed by atoms with Crippen LogP contribution in [0.2, 0.25) is 0 Å². The van der Waals surface area contributed by atoms with Crippen LogP contribution in [0.25, 0.3) is 0 Å². The normalized spacial score (nSPS) is 13.4. The summed E-state index contributed by atoms with van der Waals surface area (Å²) in [4.78, 5) is 0. The van der Waals surface area contributed by atoms with E-state index in [-0.39, 0.29) is 13.0 Å². The first-order valence-corrected chi connectivity index (χ1v) is 3.83. The van der Waals surface area contributed by atoms with Gasteiger partial charge < -0.3 is 4.74 Å². The van der Waals surface area contributed by atoms with Crippen molar-refractivity contribution >= 4 is 0 Å². The van der Waals surface area contributed by atoms with Gasteiger partial charge in [-0.2, -0.15) is 22.0 Å². The first-order valence-electron chi connectivity index (χ1n) is 3.83. The van der Waals surface area contributed by atoms with Gasteiger partial charge in [0, 0.05) is 19.6 Å². The van der Waals surface area contributed by atoms with Crippen LogP contribution in [0.5, 0.6) is 0 Å². The quantitative estimate of drug-likeness (QED) is 0.496. The van der Waals surface area contributed by atoms with E-state index in [1.807, 2.05) is 0 Å². The van der Waals surface area contributed by atoms with Gasteiger partial charge in [-0.3, -0.25) is 0 Å². The molecule has 0 aromatic rings. The summed E-state index contributed by atoms with van der Waals surface area (Å²) in [5.74, 6) is -4.59. The first kappa shape index (κ1) is 12.6. The molecule has 80 valence electrons. The minimum absolute atomic E-state index is 0.0673. The second-order valence-corrected chi connectivity index (χ2v) is 2.50. The molecule has 0 saturated heterocycles. The smallest absolute Gasteiger partial charge is 0.382 e. The van der Waals surface area contributed by atoms with E-state index in [2.05, 4.69) is 4.74 Å². The van der Waals surface area contributed by atoms with Gasteiger partial charge in [0.05, 0.1) is 0 Å². The van der Waals surface area contributed by atoms with Gasteiger partial charge in [-0.05, 0) is 13.3 Å². The molecule has 0 aromatic heterocycles. The lowest BCUT2D eigenvalue weighted by molar-refractivity contribution is -0.285. The number of rotatable bonds is 5. The fourth-order valence-electron chi connectivity index (χ4n) is 0.682. The average molecular weight is 206 g/mol. The lowest BCUT2D eigenvalue weighted by Crippen LogP contribution is -2.36. The molecule has 0 saturated carbocycles. The lowest BCUT2D eigenvalue weighted by Gasteiger charge is -2.18. The van der Waals surface area contributed by atoms with Crippen LogP contribution in [0.1, 0.15) is 19.8 Å². The molecule has 0 amide bonds. The molecule has 0 fully saturated rings. The molecule has 0 unspecified atom stereocenters. The predicted molar refractivity (Wildman–Crippen MR) is 36.7 cm³/mol. The zero-order valence-corrected chi connectivity index (χ0v) is 7.13. The van der Waals surface area contributed by atoms with E-state index in [1.54, 1.807) is 6.92 Å². The summed E-state index contributed by atoms with van der Waals surface area (Å²) in [5.41, 5.74) is 0. The summed E-state index contributed by atoms with van der Waals surface area (Å²) in [6.45, 7) is 1.89. The van der Waals surface area contributed by atoms with E-state index in [1.165, 1.54) is 0 Å². The molecule has 1 nitrogen and oxygen atoms in total. The highest BCUT2D eigenvalue weighted by Crippen LogP contribution is 2.38. The molecule has 0 aliphatic rings. The van der Waals surface area contributed by atoms with Gasteiger partial charge in [0.1, 0.15) is 0 Å². The van der Waals surface area contributed by atoms with E-state index in [0.29, 0.717) is 6.61 Å². The molecule has 0 N–H and O–H groups in total. The van der Waals surface area contributed by atoms with Crippen molar-refractivity contribution in [3.05, 3.63) is 0 Å². The van der Waals surface area contributed by atoms with Gasteiger partial charge in [-0.15, -0.1) is 0 Å². The molecular formula is C7H11F5O. The van der Waals surface area contributed by atoms with Gasteiger partial charge in [-0.25, -0.2) is 0 Å². The average Bonchev–Trinajstić information content (AvgIpc) is 1.96. The van der Waals surface area contributed by atoms with E-state index >= 15 is 0 Å². The van der Waals surface area contributed by atoms with Crippen LogP contribution in [0.4, 0.5) is 22.0 Å². The highest BCUT2D eigenvalue weighted by Gasteiger charge is 2.56. The van der Waals surface area contributed by atoms with Crippen molar-refractivity contribution in [1.82, 2.24) is 0 Å². The highest BCUT2D eigenvalue weighted by atomic mass is 19.4. The number of ether oxygens (including phenoxy) is 1. The summed E-state index contributed by atoms with van der Waals surface area (Å²) >= 11 is 0. The molecule has 0 heterocycles. The SMILES string of the molecule is CCOCCCC(F)(F)C(F)(F)F. The molecule has 0 aliphatic carbocycles. The van der Waals surface area contributed by atoms with E-state index in [9.17, 15) is 22.0 Å². The Kier molecular flexibility index (Phi) is 4.60. The summed E-state index contributed by atoms with van der Waals surface area (Å²) in [6, 6.07) is 0.